The molecule has 174 valence electrons. The van der Waals surface area contributed by atoms with E-state index in [4.69, 9.17) is 14.5 Å². The highest BCUT2D eigenvalue weighted by Gasteiger charge is 2.23. The summed E-state index contributed by atoms with van der Waals surface area (Å²) in [7, 11) is -3.90. The van der Waals surface area contributed by atoms with Crippen molar-refractivity contribution < 1.29 is 17.9 Å². The molecule has 1 aromatic heterocycles. The first-order chi connectivity index (χ1) is 16.5. The molecular weight excluding hydrogens is 452 g/mol. The second kappa shape index (κ2) is 8.32. The fourth-order valence-electron chi connectivity index (χ4n) is 4.55. The summed E-state index contributed by atoms with van der Waals surface area (Å²) >= 11 is 0. The maximum Gasteiger partial charge on any atom is 0.263 e. The topological polar surface area (TPSA) is 102 Å². The average molecular weight is 477 g/mol. The van der Waals surface area contributed by atoms with Gasteiger partial charge in [-0.05, 0) is 35.7 Å². The zero-order valence-corrected chi connectivity index (χ0v) is 19.3. The number of ether oxygens (including phenoxy) is 2. The van der Waals surface area contributed by atoms with Crippen LogP contribution in [0.1, 0.15) is 25.7 Å². The van der Waals surface area contributed by atoms with Crippen molar-refractivity contribution in [2.24, 2.45) is 0 Å². The molecule has 0 radical (unpaired) electrons. The molecule has 1 saturated carbocycles. The van der Waals surface area contributed by atoms with Crippen molar-refractivity contribution in [1.82, 2.24) is 9.97 Å². The van der Waals surface area contributed by atoms with Gasteiger partial charge >= 0.3 is 0 Å². The first-order valence-corrected chi connectivity index (χ1v) is 12.9. The van der Waals surface area contributed by atoms with Crippen molar-refractivity contribution in [1.29, 1.82) is 0 Å². The fraction of sp³-hybridized carbons (Fsp3) is 0.280. The van der Waals surface area contributed by atoms with Gasteiger partial charge in [0.2, 0.25) is 0 Å². The van der Waals surface area contributed by atoms with Crippen LogP contribution in [0.2, 0.25) is 0 Å². The molecular formula is C25H24N4O4S. The maximum atomic E-state index is 13.4. The molecule has 6 rings (SSSR count). The Hall–Kier alpha value is -3.59. The van der Waals surface area contributed by atoms with Gasteiger partial charge in [0.15, 0.2) is 23.1 Å². The molecule has 2 aliphatic rings. The lowest BCUT2D eigenvalue weighted by molar-refractivity contribution is 0.172. The van der Waals surface area contributed by atoms with Crippen LogP contribution >= 0.6 is 0 Å². The van der Waals surface area contributed by atoms with Crippen LogP contribution in [0.15, 0.2) is 59.5 Å². The summed E-state index contributed by atoms with van der Waals surface area (Å²) in [5.74, 6) is 1.78. The van der Waals surface area contributed by atoms with E-state index in [1.54, 1.807) is 30.3 Å². The molecule has 0 saturated heterocycles. The van der Waals surface area contributed by atoms with Gasteiger partial charge in [0.05, 0.1) is 15.9 Å². The molecule has 0 amide bonds. The van der Waals surface area contributed by atoms with Crippen molar-refractivity contribution in [3.8, 4) is 11.5 Å². The fourth-order valence-corrected chi connectivity index (χ4v) is 5.59. The molecule has 2 heterocycles. The van der Waals surface area contributed by atoms with Crippen molar-refractivity contribution in [2.75, 3.05) is 23.3 Å². The van der Waals surface area contributed by atoms with E-state index in [0.717, 1.165) is 36.5 Å². The van der Waals surface area contributed by atoms with E-state index in [9.17, 15) is 8.42 Å². The molecule has 0 unspecified atom stereocenters. The van der Waals surface area contributed by atoms with Crippen molar-refractivity contribution in [2.45, 2.75) is 36.6 Å². The lowest BCUT2D eigenvalue weighted by atomic mass is 10.1. The minimum absolute atomic E-state index is 0.169. The summed E-state index contributed by atoms with van der Waals surface area (Å²) in [6.45, 7) is 0.928. The van der Waals surface area contributed by atoms with Crippen LogP contribution in [-0.4, -0.2) is 37.6 Å². The standard InChI is InChI=1S/C25H24N4O4S/c30-34(31,19-10-9-16-5-1-2-6-17(16)13-19)29-25-24(26-18-7-3-4-8-18)27-20-14-22-23(15-21(20)28-25)33-12-11-32-22/h1-2,5-6,9-10,13-15,18H,3-4,7-8,11-12H2,(H,26,27)(H,28,29). The molecule has 1 aliphatic heterocycles. The molecule has 0 bridgehead atoms. The van der Waals surface area contributed by atoms with Crippen LogP contribution in [0.4, 0.5) is 11.6 Å². The number of aromatic nitrogens is 2. The first kappa shape index (κ1) is 21.0. The predicted octanol–water partition coefficient (Wildman–Crippen LogP) is 4.71. The molecule has 4 aromatic rings. The van der Waals surface area contributed by atoms with Crippen LogP contribution in [-0.2, 0) is 10.0 Å². The number of hydrogen-bond donors (Lipinski definition) is 2. The van der Waals surface area contributed by atoms with E-state index in [2.05, 4.69) is 15.0 Å². The van der Waals surface area contributed by atoms with E-state index in [0.29, 0.717) is 41.6 Å². The Morgan fingerprint density at radius 2 is 1.44 bits per heavy atom. The number of nitrogens with one attached hydrogen (secondary N) is 2. The van der Waals surface area contributed by atoms with E-state index in [1.165, 1.54) is 0 Å². The van der Waals surface area contributed by atoms with Crippen molar-refractivity contribution in [3.63, 3.8) is 0 Å². The summed E-state index contributed by atoms with van der Waals surface area (Å²) in [6, 6.07) is 16.5. The lowest BCUT2D eigenvalue weighted by Gasteiger charge is -2.20. The number of sulfonamides is 1. The third-order valence-corrected chi connectivity index (χ3v) is 7.62. The summed E-state index contributed by atoms with van der Waals surface area (Å²) in [6.07, 6.45) is 4.29. The summed E-state index contributed by atoms with van der Waals surface area (Å²) in [5.41, 5.74) is 1.14. The van der Waals surface area contributed by atoms with E-state index < -0.39 is 10.0 Å². The predicted molar refractivity (Wildman–Crippen MR) is 131 cm³/mol. The van der Waals surface area contributed by atoms with Gasteiger partial charge in [0.1, 0.15) is 13.2 Å². The van der Waals surface area contributed by atoms with Gasteiger partial charge in [-0.3, -0.25) is 4.72 Å². The SMILES string of the molecule is O=S(=O)(Nc1nc2cc3c(cc2nc1NC1CCCC1)OCCO3)c1ccc2ccccc2c1. The molecule has 9 heteroatoms. The van der Waals surface area contributed by atoms with Gasteiger partial charge in [0.25, 0.3) is 10.0 Å². The normalized spacial score (nSPS) is 16.1. The van der Waals surface area contributed by atoms with Gasteiger partial charge in [-0.2, -0.15) is 0 Å². The number of hydrogen-bond acceptors (Lipinski definition) is 7. The Balaban J connectivity index is 1.42. The second-order valence-corrected chi connectivity index (χ2v) is 10.3. The quantitative estimate of drug-likeness (QED) is 0.430. The second-order valence-electron chi connectivity index (χ2n) is 8.65. The lowest BCUT2D eigenvalue weighted by Crippen LogP contribution is -2.21. The molecule has 8 nitrogen and oxygen atoms in total. The average Bonchev–Trinajstić information content (AvgIpc) is 3.36. The monoisotopic (exact) mass is 476 g/mol. The zero-order valence-electron chi connectivity index (χ0n) is 18.5. The number of rotatable bonds is 5. The Morgan fingerprint density at radius 1 is 0.794 bits per heavy atom. The van der Waals surface area contributed by atoms with Crippen LogP contribution < -0.4 is 19.5 Å². The van der Waals surface area contributed by atoms with Gasteiger partial charge in [-0.15, -0.1) is 0 Å². The van der Waals surface area contributed by atoms with Crippen LogP contribution in [0.25, 0.3) is 21.8 Å². The Kier molecular flexibility index (Phi) is 5.13. The number of anilines is 2. The van der Waals surface area contributed by atoms with E-state index in [-0.39, 0.29) is 16.8 Å². The molecule has 1 fully saturated rings. The minimum Gasteiger partial charge on any atom is -0.486 e. The van der Waals surface area contributed by atoms with Crippen LogP contribution in [0.3, 0.4) is 0 Å². The molecule has 3 aromatic carbocycles. The van der Waals surface area contributed by atoms with Crippen molar-refractivity contribution in [3.05, 3.63) is 54.6 Å². The van der Waals surface area contributed by atoms with Gasteiger partial charge in [-0.25, -0.2) is 18.4 Å². The third-order valence-electron chi connectivity index (χ3n) is 6.29. The molecule has 2 N–H and O–H groups in total. The van der Waals surface area contributed by atoms with Crippen LogP contribution in [0.5, 0.6) is 11.5 Å². The van der Waals surface area contributed by atoms with E-state index >= 15 is 0 Å². The zero-order chi connectivity index (χ0) is 23.1. The number of nitrogens with zero attached hydrogens (tertiary/aromatic N) is 2. The smallest absolute Gasteiger partial charge is 0.263 e. The van der Waals surface area contributed by atoms with Gasteiger partial charge < -0.3 is 14.8 Å². The largest absolute Gasteiger partial charge is 0.486 e. The van der Waals surface area contributed by atoms with Crippen LogP contribution in [0, 0.1) is 0 Å². The summed E-state index contributed by atoms with van der Waals surface area (Å²) < 4.78 is 40.7. The Labute approximate surface area is 197 Å². The van der Waals surface area contributed by atoms with Crippen molar-refractivity contribution >= 4 is 43.5 Å². The molecule has 0 atom stereocenters. The summed E-state index contributed by atoms with van der Waals surface area (Å²) in [4.78, 5) is 9.55. The molecule has 1 aliphatic carbocycles. The van der Waals surface area contributed by atoms with Gasteiger partial charge in [0, 0.05) is 18.2 Å². The summed E-state index contributed by atoms with van der Waals surface area (Å²) in [5, 5.41) is 5.24. The number of benzene rings is 3. The Morgan fingerprint density at radius 3 is 2.15 bits per heavy atom. The molecule has 34 heavy (non-hydrogen) atoms. The highest BCUT2D eigenvalue weighted by Crippen LogP contribution is 2.36. The molecule has 0 spiro atoms. The van der Waals surface area contributed by atoms with Gasteiger partial charge in [-0.1, -0.05) is 43.2 Å². The minimum atomic E-state index is -3.90. The highest BCUT2D eigenvalue weighted by molar-refractivity contribution is 7.92. The Bertz CT molecular complexity index is 1500. The maximum absolute atomic E-state index is 13.4. The first-order valence-electron chi connectivity index (χ1n) is 11.4. The van der Waals surface area contributed by atoms with E-state index in [1.807, 2.05) is 24.3 Å². The number of fused-ring (bicyclic) bond motifs is 3. The highest BCUT2D eigenvalue weighted by atomic mass is 32.2. The third kappa shape index (κ3) is 3.96.